The molecule has 3 aromatic heterocycles. The predicted molar refractivity (Wildman–Crippen MR) is 248 cm³/mol. The minimum Gasteiger partial charge on any atom is -0.277 e. The van der Waals surface area contributed by atoms with Crippen LogP contribution in [0.1, 0.15) is 0 Å². The molecule has 0 aliphatic heterocycles. The number of nitrogens with zero attached hydrogens (tertiary/aromatic N) is 3. The lowest BCUT2D eigenvalue weighted by Gasteiger charge is -2.16. The molecule has 0 N–H and O–H groups in total. The number of rotatable bonds is 3. The topological polar surface area (TPSA) is 30.7 Å². The summed E-state index contributed by atoms with van der Waals surface area (Å²) in [4.78, 5) is 10.9. The molecule has 13 aromatic rings. The second-order valence-electron chi connectivity index (χ2n) is 15.3. The SMILES string of the molecule is c1ccc2cc(-c3nc(-n4c5ccccc5c5c6c7ccccc7c(-c7ccc8sc9ccccc9c8c7)cc6c6ccccc6c54)nc4ccccc34)ccc2c1. The van der Waals surface area contributed by atoms with Gasteiger partial charge in [-0.05, 0) is 85.9 Å². The van der Waals surface area contributed by atoms with Crippen molar-refractivity contribution in [2.75, 3.05) is 0 Å². The van der Waals surface area contributed by atoms with Crippen LogP contribution < -0.4 is 0 Å². The highest BCUT2D eigenvalue weighted by atomic mass is 32.1. The van der Waals surface area contributed by atoms with Gasteiger partial charge in [-0.3, -0.25) is 4.57 Å². The van der Waals surface area contributed by atoms with Crippen molar-refractivity contribution in [3.8, 4) is 28.3 Å². The Morgan fingerprint density at radius 2 is 1.03 bits per heavy atom. The van der Waals surface area contributed by atoms with Crippen LogP contribution in [0, 0.1) is 0 Å². The molecular weight excluding hydrogens is 723 g/mol. The molecule has 0 unspecified atom stereocenters. The van der Waals surface area contributed by atoms with E-state index in [1.165, 1.54) is 85.2 Å². The van der Waals surface area contributed by atoms with Crippen molar-refractivity contribution in [2.45, 2.75) is 0 Å². The highest BCUT2D eigenvalue weighted by Crippen LogP contribution is 2.47. The Balaban J connectivity index is 1.16. The predicted octanol–water partition coefficient (Wildman–Crippen LogP) is 15.0. The quantitative estimate of drug-likeness (QED) is 0.168. The summed E-state index contributed by atoms with van der Waals surface area (Å²) in [5, 5.41) is 15.8. The average molecular weight is 754 g/mol. The van der Waals surface area contributed by atoms with Gasteiger partial charge in [-0.1, -0.05) is 146 Å². The van der Waals surface area contributed by atoms with Gasteiger partial charge >= 0.3 is 0 Å². The number of hydrogen-bond donors (Lipinski definition) is 0. The smallest absolute Gasteiger partial charge is 0.235 e. The van der Waals surface area contributed by atoms with Crippen LogP contribution >= 0.6 is 11.3 Å². The fraction of sp³-hybridized carbons (Fsp3) is 0. The maximum Gasteiger partial charge on any atom is 0.235 e. The van der Waals surface area contributed by atoms with Crippen LogP contribution in [0.4, 0.5) is 0 Å². The van der Waals surface area contributed by atoms with Crippen LogP contribution in [0.3, 0.4) is 0 Å². The maximum absolute atomic E-state index is 5.52. The summed E-state index contributed by atoms with van der Waals surface area (Å²) in [5.74, 6) is 0.662. The van der Waals surface area contributed by atoms with Gasteiger partial charge in [0.25, 0.3) is 0 Å². The molecule has 13 rings (SSSR count). The third-order valence-electron chi connectivity index (χ3n) is 12.1. The molecule has 0 fully saturated rings. The summed E-state index contributed by atoms with van der Waals surface area (Å²) in [7, 11) is 0. The fourth-order valence-electron chi connectivity index (χ4n) is 9.59. The highest BCUT2D eigenvalue weighted by Gasteiger charge is 2.24. The number of thiophene rings is 1. The third-order valence-corrected chi connectivity index (χ3v) is 13.3. The fourth-order valence-corrected chi connectivity index (χ4v) is 10.7. The number of benzene rings is 10. The number of aromatic nitrogens is 3. The van der Waals surface area contributed by atoms with Gasteiger partial charge in [0.2, 0.25) is 5.95 Å². The number of para-hydroxylation sites is 2. The van der Waals surface area contributed by atoms with E-state index in [9.17, 15) is 0 Å². The zero-order valence-electron chi connectivity index (χ0n) is 31.1. The molecule has 0 atom stereocenters. The summed E-state index contributed by atoms with van der Waals surface area (Å²) in [6.45, 7) is 0. The van der Waals surface area contributed by atoms with Gasteiger partial charge in [-0.25, -0.2) is 9.97 Å². The minimum atomic E-state index is 0.662. The molecule has 0 spiro atoms. The second-order valence-corrected chi connectivity index (χ2v) is 16.4. The molecule has 268 valence electrons. The molecule has 3 nitrogen and oxygen atoms in total. The molecule has 0 radical (unpaired) electrons. The standard InChI is InChI=1S/C54H31N3S/c1-2-14-33-29-35(26-25-32(33)13-1)52-41-20-7-10-22-46(41)55-54(56-52)57-47-23-11-8-21-42(47)51-50-39-18-5-3-15-36(39)43(31-45(50)37-16-4-6-19-40(37)53(51)57)34-27-28-49-44(30-34)38-17-9-12-24-48(38)58-49/h1-31H. The van der Waals surface area contributed by atoms with Crippen molar-refractivity contribution in [1.82, 2.24) is 14.5 Å². The molecular formula is C54H31N3S. The summed E-state index contributed by atoms with van der Waals surface area (Å²) in [6, 6.07) is 68.4. The molecule has 58 heavy (non-hydrogen) atoms. The van der Waals surface area contributed by atoms with Crippen LogP contribution in [0.5, 0.6) is 0 Å². The van der Waals surface area contributed by atoms with Gasteiger partial charge in [0.05, 0.1) is 22.2 Å². The van der Waals surface area contributed by atoms with Crippen LogP contribution in [-0.4, -0.2) is 14.5 Å². The van der Waals surface area contributed by atoms with E-state index >= 15 is 0 Å². The summed E-state index contributed by atoms with van der Waals surface area (Å²) in [6.07, 6.45) is 0. The molecule has 10 aromatic carbocycles. The summed E-state index contributed by atoms with van der Waals surface area (Å²) >= 11 is 1.86. The van der Waals surface area contributed by atoms with E-state index < -0.39 is 0 Å². The largest absolute Gasteiger partial charge is 0.277 e. The Morgan fingerprint density at radius 1 is 0.379 bits per heavy atom. The Kier molecular flexibility index (Phi) is 6.60. The molecule has 4 heteroatoms. The van der Waals surface area contributed by atoms with E-state index in [-0.39, 0.29) is 0 Å². The van der Waals surface area contributed by atoms with E-state index in [2.05, 4.69) is 193 Å². The van der Waals surface area contributed by atoms with Crippen molar-refractivity contribution >= 4 is 107 Å². The molecule has 0 saturated heterocycles. The van der Waals surface area contributed by atoms with Gasteiger partial charge < -0.3 is 0 Å². The lowest BCUT2D eigenvalue weighted by atomic mass is 9.88. The van der Waals surface area contributed by atoms with Crippen molar-refractivity contribution < 1.29 is 0 Å². The summed E-state index contributed by atoms with van der Waals surface area (Å²) in [5.41, 5.74) is 7.58. The van der Waals surface area contributed by atoms with Gasteiger partial charge in [-0.15, -0.1) is 11.3 Å². The first kappa shape index (κ1) is 31.8. The molecule has 0 bridgehead atoms. The Hall–Kier alpha value is -7.40. The monoisotopic (exact) mass is 753 g/mol. The van der Waals surface area contributed by atoms with Crippen LogP contribution in [0.25, 0.3) is 124 Å². The van der Waals surface area contributed by atoms with Crippen LogP contribution in [-0.2, 0) is 0 Å². The van der Waals surface area contributed by atoms with E-state index in [1.807, 2.05) is 11.3 Å². The third kappa shape index (κ3) is 4.49. The van der Waals surface area contributed by atoms with Gasteiger partial charge in [0, 0.05) is 52.7 Å². The first-order valence-electron chi connectivity index (χ1n) is 19.7. The van der Waals surface area contributed by atoms with Gasteiger partial charge in [0.15, 0.2) is 0 Å². The van der Waals surface area contributed by atoms with E-state index in [4.69, 9.17) is 9.97 Å². The van der Waals surface area contributed by atoms with Crippen LogP contribution in [0.2, 0.25) is 0 Å². The van der Waals surface area contributed by atoms with Gasteiger partial charge in [0.1, 0.15) is 0 Å². The van der Waals surface area contributed by atoms with E-state index in [0.717, 1.165) is 33.2 Å². The Labute approximate surface area is 336 Å². The Bertz CT molecular complexity index is 3870. The molecule has 0 aliphatic carbocycles. The first-order chi connectivity index (χ1) is 28.8. The maximum atomic E-state index is 5.52. The number of fused-ring (bicyclic) bond motifs is 15. The Morgan fingerprint density at radius 3 is 1.91 bits per heavy atom. The van der Waals surface area contributed by atoms with Crippen molar-refractivity contribution in [2.24, 2.45) is 0 Å². The zero-order valence-corrected chi connectivity index (χ0v) is 32.0. The van der Waals surface area contributed by atoms with Crippen molar-refractivity contribution in [3.63, 3.8) is 0 Å². The molecule has 0 amide bonds. The van der Waals surface area contributed by atoms with Crippen LogP contribution in [0.15, 0.2) is 188 Å². The minimum absolute atomic E-state index is 0.662. The number of hydrogen-bond acceptors (Lipinski definition) is 3. The molecule has 0 saturated carbocycles. The first-order valence-corrected chi connectivity index (χ1v) is 20.6. The van der Waals surface area contributed by atoms with E-state index in [1.54, 1.807) is 0 Å². The molecule has 0 aliphatic rings. The highest BCUT2D eigenvalue weighted by molar-refractivity contribution is 7.25. The van der Waals surface area contributed by atoms with E-state index in [0.29, 0.717) is 5.95 Å². The van der Waals surface area contributed by atoms with Crippen molar-refractivity contribution in [3.05, 3.63) is 188 Å². The average Bonchev–Trinajstić information content (AvgIpc) is 3.84. The normalized spacial score (nSPS) is 12.1. The zero-order chi connectivity index (χ0) is 37.9. The summed E-state index contributed by atoms with van der Waals surface area (Å²) < 4.78 is 4.96. The molecule has 3 heterocycles. The van der Waals surface area contributed by atoms with Gasteiger partial charge in [-0.2, -0.15) is 0 Å². The second kappa shape index (κ2) is 12.1. The lowest BCUT2D eigenvalue weighted by molar-refractivity contribution is 1.02. The lowest BCUT2D eigenvalue weighted by Crippen LogP contribution is -2.04. The van der Waals surface area contributed by atoms with Crippen molar-refractivity contribution in [1.29, 1.82) is 0 Å².